The lowest BCUT2D eigenvalue weighted by Crippen LogP contribution is -2.28. The number of nitrogens with zero attached hydrogens (tertiary/aromatic N) is 2. The van der Waals surface area contributed by atoms with Crippen LogP contribution < -0.4 is 10.2 Å². The standard InChI is InChI=1S/C16H16F2N2O2/c1-11(2)19-14-9-5-6-10-20(14)15(21)12-7-3-4-8-13(12)22-16(17)18/h3-11,16H,1-2H3. The maximum Gasteiger partial charge on any atom is 0.387 e. The van der Waals surface area contributed by atoms with Crippen LogP contribution in [-0.2, 0) is 0 Å². The van der Waals surface area contributed by atoms with E-state index < -0.39 is 12.5 Å². The molecule has 1 aromatic heterocycles. The Bertz CT molecular complexity index is 724. The highest BCUT2D eigenvalue weighted by atomic mass is 19.3. The summed E-state index contributed by atoms with van der Waals surface area (Å²) in [5.74, 6) is -0.634. The molecule has 0 unspecified atom stereocenters. The molecule has 116 valence electrons. The molecule has 0 atom stereocenters. The molecule has 6 heteroatoms. The summed E-state index contributed by atoms with van der Waals surface area (Å²) in [4.78, 5) is 17.0. The van der Waals surface area contributed by atoms with Crippen LogP contribution in [0, 0.1) is 0 Å². The number of hydrogen-bond donors (Lipinski definition) is 0. The van der Waals surface area contributed by atoms with E-state index in [1.807, 2.05) is 13.8 Å². The van der Waals surface area contributed by atoms with E-state index in [1.165, 1.54) is 22.8 Å². The van der Waals surface area contributed by atoms with Gasteiger partial charge in [0, 0.05) is 12.2 Å². The number of aromatic nitrogens is 1. The minimum Gasteiger partial charge on any atom is -0.434 e. The largest absolute Gasteiger partial charge is 0.434 e. The summed E-state index contributed by atoms with van der Waals surface area (Å²) in [6.07, 6.45) is 1.54. The van der Waals surface area contributed by atoms with Crippen LogP contribution in [0.2, 0.25) is 0 Å². The number of rotatable bonds is 4. The fourth-order valence-corrected chi connectivity index (χ4v) is 1.95. The van der Waals surface area contributed by atoms with E-state index in [-0.39, 0.29) is 17.4 Å². The van der Waals surface area contributed by atoms with Crippen molar-refractivity contribution in [2.24, 2.45) is 4.99 Å². The molecule has 0 aliphatic heterocycles. The van der Waals surface area contributed by atoms with Crippen LogP contribution in [0.4, 0.5) is 8.78 Å². The molecule has 1 aromatic carbocycles. The molecule has 0 fully saturated rings. The number of halogens is 2. The summed E-state index contributed by atoms with van der Waals surface area (Å²) in [7, 11) is 0. The SMILES string of the molecule is CC(C)N=c1ccccn1C(=O)c1ccccc1OC(F)F. The molecular weight excluding hydrogens is 290 g/mol. The first-order valence-corrected chi connectivity index (χ1v) is 6.79. The zero-order valence-corrected chi connectivity index (χ0v) is 12.2. The second-order valence-electron chi connectivity index (χ2n) is 4.83. The highest BCUT2D eigenvalue weighted by Crippen LogP contribution is 2.20. The molecule has 4 nitrogen and oxygen atoms in total. The minimum absolute atomic E-state index is 0.00555. The number of benzene rings is 1. The molecule has 0 spiro atoms. The van der Waals surface area contributed by atoms with Crippen molar-refractivity contribution in [3.63, 3.8) is 0 Å². The molecule has 1 heterocycles. The van der Waals surface area contributed by atoms with Gasteiger partial charge in [0.2, 0.25) is 0 Å². The van der Waals surface area contributed by atoms with E-state index >= 15 is 0 Å². The third kappa shape index (κ3) is 3.78. The molecule has 2 aromatic rings. The van der Waals surface area contributed by atoms with Crippen LogP contribution in [0.1, 0.15) is 24.2 Å². The van der Waals surface area contributed by atoms with Crippen molar-refractivity contribution in [2.75, 3.05) is 0 Å². The zero-order chi connectivity index (χ0) is 16.1. The molecule has 0 bridgehead atoms. The first kappa shape index (κ1) is 15.9. The van der Waals surface area contributed by atoms with Gasteiger partial charge in [0.1, 0.15) is 11.2 Å². The highest BCUT2D eigenvalue weighted by molar-refractivity contribution is 5.98. The minimum atomic E-state index is -2.99. The lowest BCUT2D eigenvalue weighted by atomic mass is 10.2. The number of carbonyl (C=O) groups excluding carboxylic acids is 1. The fraction of sp³-hybridized carbons (Fsp3) is 0.250. The first-order chi connectivity index (χ1) is 10.5. The van der Waals surface area contributed by atoms with E-state index in [1.54, 1.807) is 30.5 Å². The van der Waals surface area contributed by atoms with Gasteiger partial charge in [-0.25, -0.2) is 0 Å². The van der Waals surface area contributed by atoms with E-state index in [4.69, 9.17) is 0 Å². The average molecular weight is 306 g/mol. The van der Waals surface area contributed by atoms with Crippen molar-refractivity contribution in [3.05, 3.63) is 59.7 Å². The summed E-state index contributed by atoms with van der Waals surface area (Å²) in [5, 5.41) is 0. The van der Waals surface area contributed by atoms with Crippen molar-refractivity contribution in [1.29, 1.82) is 0 Å². The molecule has 0 aliphatic carbocycles. The maximum atomic E-state index is 12.6. The number of ether oxygens (including phenoxy) is 1. The third-order valence-electron chi connectivity index (χ3n) is 2.78. The quantitative estimate of drug-likeness (QED) is 0.871. The number of hydrogen-bond acceptors (Lipinski definition) is 3. The van der Waals surface area contributed by atoms with E-state index in [9.17, 15) is 13.6 Å². The van der Waals surface area contributed by atoms with Gasteiger partial charge in [-0.15, -0.1) is 0 Å². The summed E-state index contributed by atoms with van der Waals surface area (Å²) < 4.78 is 30.6. The second kappa shape index (κ2) is 6.98. The van der Waals surface area contributed by atoms with E-state index in [0.717, 1.165) is 0 Å². The van der Waals surface area contributed by atoms with Crippen LogP contribution in [0.3, 0.4) is 0 Å². The van der Waals surface area contributed by atoms with Gasteiger partial charge in [-0.3, -0.25) is 14.4 Å². The Balaban J connectivity index is 2.50. The number of pyridine rings is 1. The Kier molecular flexibility index (Phi) is 5.04. The lowest BCUT2D eigenvalue weighted by Gasteiger charge is -2.11. The predicted molar refractivity (Wildman–Crippen MR) is 77.9 cm³/mol. The molecule has 0 amide bonds. The van der Waals surface area contributed by atoms with Gasteiger partial charge < -0.3 is 4.74 Å². The van der Waals surface area contributed by atoms with Gasteiger partial charge in [0.15, 0.2) is 0 Å². The van der Waals surface area contributed by atoms with Crippen molar-refractivity contribution in [3.8, 4) is 5.75 Å². The molecule has 0 radical (unpaired) electrons. The Labute approximate surface area is 126 Å². The average Bonchev–Trinajstić information content (AvgIpc) is 2.46. The lowest BCUT2D eigenvalue weighted by molar-refractivity contribution is -0.0501. The van der Waals surface area contributed by atoms with Crippen molar-refractivity contribution in [1.82, 2.24) is 4.57 Å². The fourth-order valence-electron chi connectivity index (χ4n) is 1.95. The van der Waals surface area contributed by atoms with Gasteiger partial charge in [-0.2, -0.15) is 8.78 Å². The maximum absolute atomic E-state index is 12.6. The Morgan fingerprint density at radius 2 is 1.82 bits per heavy atom. The zero-order valence-electron chi connectivity index (χ0n) is 12.2. The molecule has 0 saturated carbocycles. The molecular formula is C16H16F2N2O2. The van der Waals surface area contributed by atoms with E-state index in [0.29, 0.717) is 5.49 Å². The van der Waals surface area contributed by atoms with E-state index in [2.05, 4.69) is 9.73 Å². The van der Waals surface area contributed by atoms with Crippen LogP contribution in [0.25, 0.3) is 0 Å². The number of para-hydroxylation sites is 1. The van der Waals surface area contributed by atoms with Crippen LogP contribution >= 0.6 is 0 Å². The normalized spacial score (nSPS) is 12.0. The Morgan fingerprint density at radius 3 is 2.50 bits per heavy atom. The second-order valence-corrected chi connectivity index (χ2v) is 4.83. The molecule has 2 rings (SSSR count). The van der Waals surface area contributed by atoms with Gasteiger partial charge in [-0.05, 0) is 38.1 Å². The highest BCUT2D eigenvalue weighted by Gasteiger charge is 2.17. The molecule has 0 aliphatic rings. The van der Waals surface area contributed by atoms with Crippen LogP contribution in [0.5, 0.6) is 5.75 Å². The predicted octanol–water partition coefficient (Wildman–Crippen LogP) is 3.09. The van der Waals surface area contributed by atoms with Crippen LogP contribution in [0.15, 0.2) is 53.7 Å². The Morgan fingerprint density at radius 1 is 1.14 bits per heavy atom. The van der Waals surface area contributed by atoms with Crippen molar-refractivity contribution < 1.29 is 18.3 Å². The van der Waals surface area contributed by atoms with Crippen molar-refractivity contribution >= 4 is 5.91 Å². The molecule has 0 saturated heterocycles. The summed E-state index contributed by atoms with van der Waals surface area (Å²) in [5.41, 5.74) is 0.508. The first-order valence-electron chi connectivity index (χ1n) is 6.79. The molecule has 0 N–H and O–H groups in total. The summed E-state index contributed by atoms with van der Waals surface area (Å²) in [6.45, 7) is 0.778. The summed E-state index contributed by atoms with van der Waals surface area (Å²) in [6, 6.07) is 11.0. The summed E-state index contributed by atoms with van der Waals surface area (Å²) >= 11 is 0. The smallest absolute Gasteiger partial charge is 0.387 e. The van der Waals surface area contributed by atoms with Gasteiger partial charge in [0.25, 0.3) is 5.91 Å². The van der Waals surface area contributed by atoms with Gasteiger partial charge in [-0.1, -0.05) is 18.2 Å². The molecule has 22 heavy (non-hydrogen) atoms. The van der Waals surface area contributed by atoms with Gasteiger partial charge >= 0.3 is 6.61 Å². The number of alkyl halides is 2. The Hall–Kier alpha value is -2.50. The monoisotopic (exact) mass is 306 g/mol. The van der Waals surface area contributed by atoms with Gasteiger partial charge in [0.05, 0.1) is 5.56 Å². The van der Waals surface area contributed by atoms with Crippen LogP contribution in [-0.4, -0.2) is 23.1 Å². The number of carbonyl (C=O) groups is 1. The van der Waals surface area contributed by atoms with Crippen molar-refractivity contribution in [2.45, 2.75) is 26.5 Å². The topological polar surface area (TPSA) is 43.6 Å². The third-order valence-corrected chi connectivity index (χ3v) is 2.78.